The predicted octanol–water partition coefficient (Wildman–Crippen LogP) is 3.57. The van der Waals surface area contributed by atoms with Gasteiger partial charge in [0.2, 0.25) is 0 Å². The number of nitrogens with one attached hydrogen (secondary N) is 1. The van der Waals surface area contributed by atoms with Crippen molar-refractivity contribution in [2.75, 3.05) is 7.11 Å². The first kappa shape index (κ1) is 15.8. The van der Waals surface area contributed by atoms with Gasteiger partial charge in [-0.05, 0) is 61.3 Å². The lowest BCUT2D eigenvalue weighted by atomic mass is 10.1. The van der Waals surface area contributed by atoms with Gasteiger partial charge >= 0.3 is 0 Å². The number of hydrogen-bond donors (Lipinski definition) is 1. The lowest BCUT2D eigenvalue weighted by Crippen LogP contribution is -2.40. The van der Waals surface area contributed by atoms with Gasteiger partial charge in [0.15, 0.2) is 0 Å². The minimum absolute atomic E-state index is 0.00654. The van der Waals surface area contributed by atoms with Crippen LogP contribution in [0.5, 0.6) is 5.75 Å². The molecule has 1 rings (SSSR count). The molecule has 1 aromatic carbocycles. The molecular formula is C13H20BrNO2S. The first-order chi connectivity index (χ1) is 8.25. The van der Waals surface area contributed by atoms with Crippen molar-refractivity contribution in [1.29, 1.82) is 0 Å². The fourth-order valence-corrected chi connectivity index (χ4v) is 2.57. The minimum Gasteiger partial charge on any atom is -0.598 e. The van der Waals surface area contributed by atoms with Gasteiger partial charge in [-0.15, -0.1) is 4.72 Å². The smallest absolute Gasteiger partial charge is 0.136 e. The topological polar surface area (TPSA) is 44.3 Å². The zero-order valence-electron chi connectivity index (χ0n) is 11.4. The number of ether oxygens (including phenoxy) is 1. The van der Waals surface area contributed by atoms with E-state index in [2.05, 4.69) is 20.7 Å². The summed E-state index contributed by atoms with van der Waals surface area (Å²) in [5.74, 6) is 0.780. The van der Waals surface area contributed by atoms with Gasteiger partial charge in [0.05, 0.1) is 17.6 Å². The van der Waals surface area contributed by atoms with Crippen molar-refractivity contribution in [2.24, 2.45) is 0 Å². The highest BCUT2D eigenvalue weighted by molar-refractivity contribution is 9.10. The Bertz CT molecular complexity index is 406. The van der Waals surface area contributed by atoms with Gasteiger partial charge < -0.3 is 9.29 Å². The third-order valence-corrected chi connectivity index (χ3v) is 4.85. The number of methoxy groups -OCH3 is 1. The highest BCUT2D eigenvalue weighted by atomic mass is 79.9. The third-order valence-electron chi connectivity index (χ3n) is 2.52. The second kappa shape index (κ2) is 6.28. The van der Waals surface area contributed by atoms with E-state index in [0.717, 1.165) is 15.8 Å². The highest BCUT2D eigenvalue weighted by Gasteiger charge is 2.28. The molecule has 0 heterocycles. The van der Waals surface area contributed by atoms with Gasteiger partial charge in [-0.1, -0.05) is 6.07 Å². The van der Waals surface area contributed by atoms with Crippen LogP contribution < -0.4 is 9.46 Å². The van der Waals surface area contributed by atoms with Crippen LogP contribution in [-0.2, 0) is 11.4 Å². The van der Waals surface area contributed by atoms with Crippen LogP contribution in [0.1, 0.15) is 39.3 Å². The Labute approximate surface area is 121 Å². The second-order valence-electron chi connectivity index (χ2n) is 5.11. The van der Waals surface area contributed by atoms with Crippen molar-refractivity contribution in [1.82, 2.24) is 4.72 Å². The first-order valence-corrected chi connectivity index (χ1v) is 7.71. The molecule has 18 heavy (non-hydrogen) atoms. The van der Waals surface area contributed by atoms with Crippen molar-refractivity contribution in [2.45, 2.75) is 38.5 Å². The molecule has 5 heteroatoms. The number of benzene rings is 1. The second-order valence-corrected chi connectivity index (χ2v) is 7.97. The Morgan fingerprint density at radius 1 is 1.39 bits per heavy atom. The SMILES string of the molecule is COc1cc(C(C)N[S+]([O-])C(C)(C)C)ccc1Br. The zero-order chi connectivity index (χ0) is 13.9. The monoisotopic (exact) mass is 333 g/mol. The maximum Gasteiger partial charge on any atom is 0.136 e. The van der Waals surface area contributed by atoms with Gasteiger partial charge in [-0.25, -0.2) is 0 Å². The van der Waals surface area contributed by atoms with Crippen LogP contribution >= 0.6 is 15.9 Å². The molecule has 0 aromatic heterocycles. The zero-order valence-corrected chi connectivity index (χ0v) is 13.8. The van der Waals surface area contributed by atoms with Crippen LogP contribution in [-0.4, -0.2) is 16.4 Å². The lowest BCUT2D eigenvalue weighted by molar-refractivity contribution is 0.411. The van der Waals surface area contributed by atoms with Gasteiger partial charge in [0, 0.05) is 11.4 Å². The van der Waals surface area contributed by atoms with Crippen LogP contribution in [0.3, 0.4) is 0 Å². The summed E-state index contributed by atoms with van der Waals surface area (Å²) < 4.78 is 21.0. The normalized spacial score (nSPS) is 15.3. The van der Waals surface area contributed by atoms with Crippen LogP contribution in [0.25, 0.3) is 0 Å². The van der Waals surface area contributed by atoms with Crippen LogP contribution in [0, 0.1) is 0 Å². The Balaban J connectivity index is 2.81. The molecule has 0 saturated carbocycles. The fourth-order valence-electron chi connectivity index (χ4n) is 1.35. The van der Waals surface area contributed by atoms with Crippen molar-refractivity contribution < 1.29 is 9.29 Å². The van der Waals surface area contributed by atoms with E-state index in [9.17, 15) is 4.55 Å². The molecule has 0 spiro atoms. The minimum atomic E-state index is -1.08. The molecule has 0 radical (unpaired) electrons. The van der Waals surface area contributed by atoms with E-state index >= 15 is 0 Å². The summed E-state index contributed by atoms with van der Waals surface area (Å²) in [7, 11) is 1.63. The molecule has 0 saturated heterocycles. The van der Waals surface area contributed by atoms with Gasteiger partial charge in [0.1, 0.15) is 10.5 Å². The van der Waals surface area contributed by atoms with Gasteiger partial charge in [-0.3, -0.25) is 0 Å². The standard InChI is InChI=1S/C13H20BrNO2S/c1-9(15-18(16)13(2,3)4)10-6-7-11(14)12(8-10)17-5/h6-9,15H,1-5H3. The summed E-state index contributed by atoms with van der Waals surface area (Å²) in [4.78, 5) is 0. The number of hydrogen-bond acceptors (Lipinski definition) is 3. The molecule has 3 nitrogen and oxygen atoms in total. The molecule has 2 unspecified atom stereocenters. The van der Waals surface area contributed by atoms with Gasteiger partial charge in [0.25, 0.3) is 0 Å². The highest BCUT2D eigenvalue weighted by Crippen LogP contribution is 2.29. The average Bonchev–Trinajstić information content (AvgIpc) is 2.28. The van der Waals surface area contributed by atoms with Crippen molar-refractivity contribution >= 4 is 27.3 Å². The Morgan fingerprint density at radius 3 is 2.50 bits per heavy atom. The number of rotatable bonds is 4. The quantitative estimate of drug-likeness (QED) is 0.856. The molecule has 1 N–H and O–H groups in total. The largest absolute Gasteiger partial charge is 0.598 e. The Hall–Kier alpha value is -0.230. The molecule has 0 aliphatic carbocycles. The summed E-state index contributed by atoms with van der Waals surface area (Å²) in [5.41, 5.74) is 1.05. The third kappa shape index (κ3) is 4.16. The predicted molar refractivity (Wildman–Crippen MR) is 80.1 cm³/mol. The van der Waals surface area contributed by atoms with Crippen LogP contribution in [0.4, 0.5) is 0 Å². The maximum atomic E-state index is 12.0. The first-order valence-electron chi connectivity index (χ1n) is 5.77. The Kier molecular flexibility index (Phi) is 5.52. The molecule has 0 aliphatic heterocycles. The fraction of sp³-hybridized carbons (Fsp3) is 0.538. The maximum absolute atomic E-state index is 12.0. The van der Waals surface area contributed by atoms with E-state index in [0.29, 0.717) is 0 Å². The number of halogens is 1. The average molecular weight is 334 g/mol. The summed E-state index contributed by atoms with van der Waals surface area (Å²) >= 11 is 2.33. The lowest BCUT2D eigenvalue weighted by Gasteiger charge is -2.26. The van der Waals surface area contributed by atoms with E-state index in [1.54, 1.807) is 7.11 Å². The van der Waals surface area contributed by atoms with Crippen LogP contribution in [0.2, 0.25) is 0 Å². The summed E-state index contributed by atoms with van der Waals surface area (Å²) in [6.45, 7) is 7.84. The summed E-state index contributed by atoms with van der Waals surface area (Å²) in [6, 6.07) is 5.88. The Morgan fingerprint density at radius 2 is 2.00 bits per heavy atom. The molecule has 0 amide bonds. The molecular weight excluding hydrogens is 314 g/mol. The molecule has 1 aromatic rings. The molecule has 2 atom stereocenters. The molecule has 102 valence electrons. The van der Waals surface area contributed by atoms with E-state index < -0.39 is 11.4 Å². The van der Waals surface area contributed by atoms with Crippen molar-refractivity contribution in [3.8, 4) is 5.75 Å². The molecule has 0 fully saturated rings. The molecule has 0 aliphatic rings. The summed E-state index contributed by atoms with van der Waals surface area (Å²) in [6.07, 6.45) is 0. The van der Waals surface area contributed by atoms with Crippen LogP contribution in [0.15, 0.2) is 22.7 Å². The van der Waals surface area contributed by atoms with Crippen molar-refractivity contribution in [3.63, 3.8) is 0 Å². The van der Waals surface area contributed by atoms with Crippen molar-refractivity contribution in [3.05, 3.63) is 28.2 Å². The van der Waals surface area contributed by atoms with Gasteiger partial charge in [-0.2, -0.15) is 0 Å². The summed E-state index contributed by atoms with van der Waals surface area (Å²) in [5, 5.41) is 0. The van der Waals surface area contributed by atoms with E-state index in [1.165, 1.54) is 0 Å². The molecule has 0 bridgehead atoms. The van der Waals surface area contributed by atoms with E-state index in [4.69, 9.17) is 4.74 Å². The van der Waals surface area contributed by atoms with E-state index in [-0.39, 0.29) is 10.8 Å². The van der Waals surface area contributed by atoms with E-state index in [1.807, 2.05) is 45.9 Å².